The van der Waals surface area contributed by atoms with Gasteiger partial charge in [-0.05, 0) is 49.0 Å². The number of aliphatic hydroxyl groups excluding tert-OH is 1. The molecule has 26 heavy (non-hydrogen) atoms. The Morgan fingerprint density at radius 1 is 1.23 bits per heavy atom. The number of benzene rings is 2. The Balaban J connectivity index is 1.88. The van der Waals surface area contributed by atoms with E-state index in [-0.39, 0.29) is 0 Å². The maximum atomic E-state index is 10.7. The summed E-state index contributed by atoms with van der Waals surface area (Å²) in [6.45, 7) is 2.81. The van der Waals surface area contributed by atoms with Crippen molar-refractivity contribution < 1.29 is 14.6 Å². The Morgan fingerprint density at radius 3 is 2.62 bits per heavy atom. The van der Waals surface area contributed by atoms with E-state index in [1.54, 1.807) is 14.2 Å². The van der Waals surface area contributed by atoms with Crippen LogP contribution in [-0.4, -0.2) is 35.9 Å². The first-order chi connectivity index (χ1) is 12.5. The van der Waals surface area contributed by atoms with Crippen LogP contribution in [-0.2, 0) is 6.54 Å². The Hall–Kier alpha value is -2.02. The molecule has 5 nitrogen and oxygen atoms in total. The third kappa shape index (κ3) is 3.45. The van der Waals surface area contributed by atoms with Crippen molar-refractivity contribution in [2.75, 3.05) is 26.1 Å². The summed E-state index contributed by atoms with van der Waals surface area (Å²) in [4.78, 5) is 1.91. The van der Waals surface area contributed by atoms with Crippen LogP contribution in [0.2, 0.25) is 5.02 Å². The van der Waals surface area contributed by atoms with Crippen molar-refractivity contribution in [3.63, 3.8) is 0 Å². The second-order valence-corrected chi connectivity index (χ2v) is 6.90. The molecule has 0 saturated carbocycles. The molecule has 0 bridgehead atoms. The van der Waals surface area contributed by atoms with Crippen molar-refractivity contribution in [3.05, 3.63) is 52.0 Å². The van der Waals surface area contributed by atoms with Gasteiger partial charge in [0.15, 0.2) is 5.11 Å². The SMILES string of the molecule is COc1ccc(OC)c2c1CN(C(=S)Nc1cccc(Cl)c1C)CC2O. The van der Waals surface area contributed by atoms with Crippen LogP contribution in [0.4, 0.5) is 5.69 Å². The molecule has 138 valence electrons. The predicted molar refractivity (Wildman–Crippen MR) is 107 cm³/mol. The van der Waals surface area contributed by atoms with E-state index in [2.05, 4.69) is 5.32 Å². The smallest absolute Gasteiger partial charge is 0.173 e. The van der Waals surface area contributed by atoms with Crippen LogP contribution >= 0.6 is 23.8 Å². The van der Waals surface area contributed by atoms with E-state index >= 15 is 0 Å². The van der Waals surface area contributed by atoms with Crippen LogP contribution in [0.5, 0.6) is 11.5 Å². The molecule has 0 aliphatic carbocycles. The van der Waals surface area contributed by atoms with E-state index in [1.807, 2.05) is 42.2 Å². The molecule has 2 N–H and O–H groups in total. The summed E-state index contributed by atoms with van der Waals surface area (Å²) in [7, 11) is 3.20. The molecule has 0 saturated heterocycles. The number of fused-ring (bicyclic) bond motifs is 1. The number of hydrogen-bond donors (Lipinski definition) is 2. The number of halogens is 1. The summed E-state index contributed by atoms with van der Waals surface area (Å²) in [5.41, 5.74) is 3.40. The Bertz CT molecular complexity index is 844. The van der Waals surface area contributed by atoms with E-state index in [0.29, 0.717) is 34.7 Å². The Morgan fingerprint density at radius 2 is 1.92 bits per heavy atom. The number of β-amino-alcohol motifs (C(OH)–C–C–N with tert-alkyl or cyclic N) is 1. The number of rotatable bonds is 3. The molecule has 1 atom stereocenters. The topological polar surface area (TPSA) is 54.0 Å². The van der Waals surface area contributed by atoms with Gasteiger partial charge < -0.3 is 24.8 Å². The second kappa shape index (κ2) is 7.70. The third-order valence-corrected chi connectivity index (χ3v) is 5.36. The fourth-order valence-electron chi connectivity index (χ4n) is 3.17. The van der Waals surface area contributed by atoms with Crippen LogP contribution < -0.4 is 14.8 Å². The number of anilines is 1. The molecule has 1 aliphatic heterocycles. The average Bonchev–Trinajstić information content (AvgIpc) is 2.64. The number of aliphatic hydroxyl groups is 1. The molecule has 0 radical (unpaired) electrons. The van der Waals surface area contributed by atoms with Gasteiger partial charge in [-0.25, -0.2) is 0 Å². The minimum Gasteiger partial charge on any atom is -0.496 e. The molecular formula is C19H21ClN2O3S. The molecule has 0 fully saturated rings. The number of nitrogens with one attached hydrogen (secondary N) is 1. The zero-order valence-electron chi connectivity index (χ0n) is 14.9. The number of methoxy groups -OCH3 is 2. The lowest BCUT2D eigenvalue weighted by Crippen LogP contribution is -2.41. The summed E-state index contributed by atoms with van der Waals surface area (Å²) in [6, 6.07) is 9.27. The van der Waals surface area contributed by atoms with Gasteiger partial charge in [-0.1, -0.05) is 17.7 Å². The van der Waals surface area contributed by atoms with Crippen LogP contribution in [0.25, 0.3) is 0 Å². The zero-order valence-corrected chi connectivity index (χ0v) is 16.4. The van der Waals surface area contributed by atoms with E-state index in [1.165, 1.54) is 0 Å². The molecule has 1 unspecified atom stereocenters. The third-order valence-electron chi connectivity index (χ3n) is 4.59. The summed E-state index contributed by atoms with van der Waals surface area (Å²) >= 11 is 11.7. The van der Waals surface area contributed by atoms with Gasteiger partial charge in [0.1, 0.15) is 17.6 Å². The van der Waals surface area contributed by atoms with Crippen molar-refractivity contribution >= 4 is 34.6 Å². The molecule has 0 spiro atoms. The maximum Gasteiger partial charge on any atom is 0.173 e. The molecule has 3 rings (SSSR count). The highest BCUT2D eigenvalue weighted by molar-refractivity contribution is 7.80. The standard InChI is InChI=1S/C19H21ClN2O3S/c1-11-13(20)5-4-6-14(11)21-19(26)22-9-12-16(24-2)7-8-17(25-3)18(12)15(23)10-22/h4-8,15,23H,9-10H2,1-3H3,(H,21,26). The Kier molecular flexibility index (Phi) is 5.55. The molecule has 2 aromatic carbocycles. The first kappa shape index (κ1) is 18.8. The minimum atomic E-state index is -0.732. The molecule has 2 aromatic rings. The van der Waals surface area contributed by atoms with E-state index in [0.717, 1.165) is 22.4 Å². The predicted octanol–water partition coefficient (Wildman–Crippen LogP) is 3.91. The highest BCUT2D eigenvalue weighted by atomic mass is 35.5. The fourth-order valence-corrected chi connectivity index (χ4v) is 3.59. The monoisotopic (exact) mass is 392 g/mol. The molecule has 0 amide bonds. The molecule has 0 aromatic heterocycles. The highest BCUT2D eigenvalue weighted by Gasteiger charge is 2.30. The Labute approximate surface area is 163 Å². The number of nitrogens with zero attached hydrogens (tertiary/aromatic N) is 1. The van der Waals surface area contributed by atoms with Crippen LogP contribution in [0, 0.1) is 6.92 Å². The first-order valence-electron chi connectivity index (χ1n) is 8.19. The molecular weight excluding hydrogens is 372 g/mol. The van der Waals surface area contributed by atoms with Gasteiger partial charge in [-0.2, -0.15) is 0 Å². The van der Waals surface area contributed by atoms with E-state index < -0.39 is 6.10 Å². The van der Waals surface area contributed by atoms with Crippen LogP contribution in [0.15, 0.2) is 30.3 Å². The van der Waals surface area contributed by atoms with Gasteiger partial charge in [-0.15, -0.1) is 0 Å². The quantitative estimate of drug-likeness (QED) is 0.772. The van der Waals surface area contributed by atoms with Crippen LogP contribution in [0.3, 0.4) is 0 Å². The lowest BCUT2D eigenvalue weighted by molar-refractivity contribution is 0.123. The summed E-state index contributed by atoms with van der Waals surface area (Å²) < 4.78 is 10.9. The highest BCUT2D eigenvalue weighted by Crippen LogP contribution is 2.39. The number of ether oxygens (including phenoxy) is 2. The molecule has 7 heteroatoms. The summed E-state index contributed by atoms with van der Waals surface area (Å²) in [5, 5.41) is 15.1. The van der Waals surface area contributed by atoms with Gasteiger partial charge in [0, 0.05) is 28.4 Å². The first-order valence-corrected chi connectivity index (χ1v) is 8.97. The van der Waals surface area contributed by atoms with Gasteiger partial charge in [0.05, 0.1) is 20.8 Å². The van der Waals surface area contributed by atoms with E-state index in [4.69, 9.17) is 33.3 Å². The number of hydrogen-bond acceptors (Lipinski definition) is 4. The lowest BCUT2D eigenvalue weighted by atomic mass is 9.95. The summed E-state index contributed by atoms with van der Waals surface area (Å²) in [6.07, 6.45) is -0.732. The van der Waals surface area contributed by atoms with Gasteiger partial charge >= 0.3 is 0 Å². The van der Waals surface area contributed by atoms with Gasteiger partial charge in [0.25, 0.3) is 0 Å². The van der Waals surface area contributed by atoms with Crippen molar-refractivity contribution in [1.82, 2.24) is 4.90 Å². The minimum absolute atomic E-state index is 0.363. The maximum absolute atomic E-state index is 10.7. The lowest BCUT2D eigenvalue weighted by Gasteiger charge is -2.35. The van der Waals surface area contributed by atoms with Crippen molar-refractivity contribution in [2.45, 2.75) is 19.6 Å². The van der Waals surface area contributed by atoms with Gasteiger partial charge in [0.2, 0.25) is 0 Å². The van der Waals surface area contributed by atoms with Crippen molar-refractivity contribution in [2.24, 2.45) is 0 Å². The molecule has 1 heterocycles. The normalized spacial score (nSPS) is 16.0. The van der Waals surface area contributed by atoms with Gasteiger partial charge in [-0.3, -0.25) is 0 Å². The fraction of sp³-hybridized carbons (Fsp3) is 0.316. The zero-order chi connectivity index (χ0) is 18.8. The van der Waals surface area contributed by atoms with Crippen molar-refractivity contribution in [1.29, 1.82) is 0 Å². The second-order valence-electron chi connectivity index (χ2n) is 6.10. The van der Waals surface area contributed by atoms with E-state index in [9.17, 15) is 5.11 Å². The largest absolute Gasteiger partial charge is 0.496 e. The van der Waals surface area contributed by atoms with Crippen molar-refractivity contribution in [3.8, 4) is 11.5 Å². The number of thiocarbonyl (C=S) groups is 1. The average molecular weight is 393 g/mol. The summed E-state index contributed by atoms with van der Waals surface area (Å²) in [5.74, 6) is 1.35. The molecule has 1 aliphatic rings. The van der Waals surface area contributed by atoms with Crippen LogP contribution in [0.1, 0.15) is 22.8 Å².